The lowest BCUT2D eigenvalue weighted by molar-refractivity contribution is 0.125. The standard InChI is InChI=1S/C31H28ClN7O.C23H24ClN5.ClH.H2S/c1-21-34-11-12-39(21)20-24-17-23-3-2-10-35-29(23)30(27-9-6-25(32)18-28(24)27)37-13-15-38(16-14-37)31(40)36-26-7-4-22(19-33)5-8-26;1-16-26-9-12-29(16)15-18-13-17-3-2-6-27-22(17)23(28-10-7-25-8-11-28)20-5-4-19(24)14-21(18)20;;/h2-12,17-18,30H,13-16,20H2,1H3,(H,36,40);2-6,9,12-14,23,25H,7-8,10-11,15H2,1H3;1H;1H2. The topological polar surface area (TPSA) is 136 Å². The van der Waals surface area contributed by atoms with E-state index in [1.165, 1.54) is 22.3 Å². The van der Waals surface area contributed by atoms with E-state index < -0.39 is 0 Å². The second-order valence-corrected chi connectivity index (χ2v) is 18.6. The van der Waals surface area contributed by atoms with Gasteiger partial charge in [-0.3, -0.25) is 19.8 Å². The first-order valence-corrected chi connectivity index (χ1v) is 24.1. The van der Waals surface area contributed by atoms with Crippen LogP contribution in [0.25, 0.3) is 23.3 Å². The predicted octanol–water partition coefficient (Wildman–Crippen LogP) is 9.93. The van der Waals surface area contributed by atoms with Crippen molar-refractivity contribution in [2.45, 2.75) is 39.0 Å². The van der Waals surface area contributed by atoms with Gasteiger partial charge in [0.1, 0.15) is 11.6 Å². The van der Waals surface area contributed by atoms with Crippen LogP contribution in [-0.4, -0.2) is 102 Å². The molecule has 4 aromatic heterocycles. The van der Waals surface area contributed by atoms with Crippen LogP contribution in [0.5, 0.6) is 0 Å². The van der Waals surface area contributed by atoms with Crippen molar-refractivity contribution in [3.8, 4) is 6.07 Å². The minimum Gasteiger partial charge on any atom is -0.331 e. The quantitative estimate of drug-likeness (QED) is 0.160. The number of amides is 2. The van der Waals surface area contributed by atoms with E-state index in [1.807, 2.05) is 80.2 Å². The second-order valence-electron chi connectivity index (χ2n) is 17.7. The number of halogens is 3. The molecule has 364 valence electrons. The minimum atomic E-state index is -0.143. The van der Waals surface area contributed by atoms with Crippen molar-refractivity contribution in [2.75, 3.05) is 57.7 Å². The average molecular weight is 1030 g/mol. The Morgan fingerprint density at radius 1 is 0.676 bits per heavy atom. The maximum atomic E-state index is 13.0. The number of urea groups is 1. The van der Waals surface area contributed by atoms with Crippen LogP contribution < -0.4 is 10.6 Å². The molecule has 0 spiro atoms. The normalized spacial score (nSPS) is 17.3. The number of rotatable bonds is 7. The number of fused-ring (bicyclic) bond motifs is 4. The molecule has 2 fully saturated rings. The zero-order valence-corrected chi connectivity index (χ0v) is 42.8. The van der Waals surface area contributed by atoms with Gasteiger partial charge in [0.2, 0.25) is 0 Å². The molecule has 2 atom stereocenters. The molecular weight excluding hydrogens is 971 g/mol. The molecule has 2 aliphatic carbocycles. The number of benzene rings is 3. The Balaban J connectivity index is 0.000000194. The third-order valence-electron chi connectivity index (χ3n) is 13.5. The number of anilines is 1. The minimum absolute atomic E-state index is 0. The highest BCUT2D eigenvalue weighted by Gasteiger charge is 2.35. The summed E-state index contributed by atoms with van der Waals surface area (Å²) in [5.41, 5.74) is 12.7. The van der Waals surface area contributed by atoms with Gasteiger partial charge < -0.3 is 24.7 Å². The Morgan fingerprint density at radius 2 is 1.17 bits per heavy atom. The monoisotopic (exact) mass is 1020 g/mol. The van der Waals surface area contributed by atoms with Crippen molar-refractivity contribution in [1.82, 2.24) is 49.1 Å². The third kappa shape index (κ3) is 11.1. The van der Waals surface area contributed by atoms with E-state index in [0.717, 1.165) is 83.0 Å². The molecule has 2 unspecified atom stereocenters. The fraction of sp³-hybridized carbons (Fsp3) is 0.259. The molecule has 7 aromatic rings. The number of imidazole rings is 2. The molecule has 2 N–H and O–H groups in total. The van der Waals surface area contributed by atoms with Gasteiger partial charge in [-0.15, -0.1) is 12.4 Å². The number of allylic oxidation sites excluding steroid dienone is 2. The van der Waals surface area contributed by atoms with Gasteiger partial charge in [0, 0.05) is 118 Å². The summed E-state index contributed by atoms with van der Waals surface area (Å²) in [7, 11) is 0. The van der Waals surface area contributed by atoms with Gasteiger partial charge in [-0.25, -0.2) is 14.8 Å². The highest BCUT2D eigenvalue weighted by molar-refractivity contribution is 7.59. The molecule has 13 nitrogen and oxygen atoms in total. The van der Waals surface area contributed by atoms with Gasteiger partial charge in [-0.1, -0.05) is 47.5 Å². The molecule has 2 aliphatic heterocycles. The summed E-state index contributed by atoms with van der Waals surface area (Å²) in [5.74, 6) is 1.95. The van der Waals surface area contributed by atoms with Gasteiger partial charge in [-0.2, -0.15) is 18.8 Å². The number of hydrogen-bond acceptors (Lipinski definition) is 9. The maximum Gasteiger partial charge on any atom is 0.321 e. The molecule has 2 saturated heterocycles. The van der Waals surface area contributed by atoms with E-state index in [9.17, 15) is 4.79 Å². The zero-order valence-electron chi connectivity index (χ0n) is 39.5. The number of carbonyl (C=O) groups is 1. The molecular formula is C54H55Cl3N12OS. The lowest BCUT2D eigenvalue weighted by atomic mass is 9.93. The van der Waals surface area contributed by atoms with E-state index in [0.29, 0.717) is 49.0 Å². The van der Waals surface area contributed by atoms with E-state index in [-0.39, 0.29) is 44.0 Å². The number of piperazine rings is 2. The van der Waals surface area contributed by atoms with Crippen molar-refractivity contribution in [1.29, 1.82) is 5.26 Å². The first-order chi connectivity index (χ1) is 33.7. The summed E-state index contributed by atoms with van der Waals surface area (Å²) >= 11 is 13.0. The van der Waals surface area contributed by atoms with Gasteiger partial charge >= 0.3 is 6.03 Å². The van der Waals surface area contributed by atoms with Crippen molar-refractivity contribution in [2.24, 2.45) is 0 Å². The van der Waals surface area contributed by atoms with E-state index >= 15 is 0 Å². The number of aromatic nitrogens is 6. The molecule has 0 saturated carbocycles. The number of hydrogen-bond donors (Lipinski definition) is 2. The smallest absolute Gasteiger partial charge is 0.321 e. The fourth-order valence-corrected chi connectivity index (χ4v) is 10.3. The molecule has 71 heavy (non-hydrogen) atoms. The van der Waals surface area contributed by atoms with E-state index in [4.69, 9.17) is 38.4 Å². The Morgan fingerprint density at radius 3 is 1.63 bits per heavy atom. The molecule has 2 amide bonds. The highest BCUT2D eigenvalue weighted by Crippen LogP contribution is 2.42. The molecule has 6 heterocycles. The summed E-state index contributed by atoms with van der Waals surface area (Å²) in [6.07, 6.45) is 15.9. The predicted molar refractivity (Wildman–Crippen MR) is 290 cm³/mol. The van der Waals surface area contributed by atoms with Crippen molar-refractivity contribution < 1.29 is 4.79 Å². The largest absolute Gasteiger partial charge is 0.331 e. The van der Waals surface area contributed by atoms with Crippen LogP contribution in [0.15, 0.2) is 122 Å². The number of nitrogens with one attached hydrogen (secondary N) is 2. The van der Waals surface area contributed by atoms with Crippen LogP contribution in [0, 0.1) is 25.2 Å². The lowest BCUT2D eigenvalue weighted by Crippen LogP contribution is -2.51. The summed E-state index contributed by atoms with van der Waals surface area (Å²) < 4.78 is 4.32. The SMILES string of the molecule is Cc1nccn1CC1=Cc2cccnc2C(N2CCN(C(=O)Nc3ccc(C#N)cc3)CC2)c2ccc(Cl)cc21.Cc1nccn1CC1=Cc2cccnc2C(N2CCNCC2)c2ccc(Cl)cc21.Cl.S. The summed E-state index contributed by atoms with van der Waals surface area (Å²) in [6, 6.07) is 29.6. The Labute approximate surface area is 437 Å². The van der Waals surface area contributed by atoms with Gasteiger partial charge in [0.05, 0.1) is 35.1 Å². The first kappa shape index (κ1) is 51.1. The lowest BCUT2D eigenvalue weighted by Gasteiger charge is -2.39. The number of nitriles is 1. The number of nitrogens with zero attached hydrogens (tertiary/aromatic N) is 10. The third-order valence-corrected chi connectivity index (χ3v) is 14.0. The van der Waals surface area contributed by atoms with E-state index in [1.54, 1.807) is 24.3 Å². The zero-order chi connectivity index (χ0) is 47.4. The highest BCUT2D eigenvalue weighted by atomic mass is 35.5. The number of pyridine rings is 2. The van der Waals surface area contributed by atoms with Crippen LogP contribution in [0.2, 0.25) is 10.0 Å². The second kappa shape index (κ2) is 22.9. The fourth-order valence-electron chi connectivity index (χ4n) is 9.94. The van der Waals surface area contributed by atoms with Crippen LogP contribution >= 0.6 is 49.1 Å². The van der Waals surface area contributed by atoms with Crippen LogP contribution in [-0.2, 0) is 13.1 Å². The number of carbonyl (C=O) groups excluding carboxylic acids is 1. The van der Waals surface area contributed by atoms with Crippen molar-refractivity contribution in [3.63, 3.8) is 0 Å². The molecule has 3 aromatic carbocycles. The Hall–Kier alpha value is -6.28. The first-order valence-electron chi connectivity index (χ1n) is 23.3. The van der Waals surface area contributed by atoms with Crippen LogP contribution in [0.3, 0.4) is 0 Å². The van der Waals surface area contributed by atoms with Crippen LogP contribution in [0.1, 0.15) is 74.1 Å². The van der Waals surface area contributed by atoms with Gasteiger partial charge in [-0.05, 0) is 131 Å². The average Bonchev–Trinajstić information content (AvgIpc) is 3.91. The summed E-state index contributed by atoms with van der Waals surface area (Å²) in [4.78, 5) is 38.3. The van der Waals surface area contributed by atoms with Crippen molar-refractivity contribution >= 4 is 84.1 Å². The van der Waals surface area contributed by atoms with Gasteiger partial charge in [0.25, 0.3) is 0 Å². The summed E-state index contributed by atoms with van der Waals surface area (Å²) in [5, 5.41) is 16.9. The Bertz CT molecular complexity index is 3110. The van der Waals surface area contributed by atoms with Gasteiger partial charge in [0.15, 0.2) is 0 Å². The molecule has 11 rings (SSSR count). The van der Waals surface area contributed by atoms with Crippen LogP contribution in [0.4, 0.5) is 10.5 Å². The molecule has 0 bridgehead atoms. The summed E-state index contributed by atoms with van der Waals surface area (Å²) in [6.45, 7) is 12.0. The number of aryl methyl sites for hydroxylation is 2. The molecule has 0 radical (unpaired) electrons. The maximum absolute atomic E-state index is 13.0. The Kier molecular flexibility index (Phi) is 16.4. The molecule has 4 aliphatic rings. The van der Waals surface area contributed by atoms with E-state index in [2.05, 4.69) is 94.2 Å². The molecule has 17 heteroatoms. The van der Waals surface area contributed by atoms with Crippen molar-refractivity contribution in [3.05, 3.63) is 194 Å².